The fraction of sp³-hybridized carbons (Fsp3) is 0.263. The van der Waals surface area contributed by atoms with Crippen LogP contribution in [0.3, 0.4) is 0 Å². The van der Waals surface area contributed by atoms with E-state index in [1.807, 2.05) is 25.1 Å². The predicted octanol–water partition coefficient (Wildman–Crippen LogP) is 3.79. The zero-order valence-electron chi connectivity index (χ0n) is 14.8. The van der Waals surface area contributed by atoms with Gasteiger partial charge in [0.2, 0.25) is 11.8 Å². The van der Waals surface area contributed by atoms with Gasteiger partial charge in [0, 0.05) is 10.2 Å². The molecule has 1 unspecified atom stereocenters. The molecule has 2 aromatic carbocycles. The van der Waals surface area contributed by atoms with Crippen LogP contribution in [0.4, 0.5) is 15.8 Å². The van der Waals surface area contributed by atoms with E-state index < -0.39 is 11.9 Å². The molecule has 2 aromatic rings. The van der Waals surface area contributed by atoms with Crippen molar-refractivity contribution in [3.63, 3.8) is 0 Å². The first kappa shape index (κ1) is 20.1. The second-order valence-corrected chi connectivity index (χ2v) is 6.98. The van der Waals surface area contributed by atoms with Gasteiger partial charge >= 0.3 is 0 Å². The third kappa shape index (κ3) is 5.37. The maximum absolute atomic E-state index is 13.6. The van der Waals surface area contributed by atoms with E-state index in [2.05, 4.69) is 26.6 Å². The van der Waals surface area contributed by atoms with Crippen LogP contribution < -0.4 is 10.6 Å². The molecule has 0 radical (unpaired) electrons. The summed E-state index contributed by atoms with van der Waals surface area (Å²) < 4.78 is 14.6. The van der Waals surface area contributed by atoms with E-state index in [9.17, 15) is 14.0 Å². The molecule has 0 aliphatic heterocycles. The highest BCUT2D eigenvalue weighted by atomic mass is 79.9. The molecule has 2 rings (SSSR count). The first-order valence-electron chi connectivity index (χ1n) is 8.09. The lowest BCUT2D eigenvalue weighted by Gasteiger charge is -2.23. The molecule has 138 valence electrons. The Morgan fingerprint density at radius 1 is 1.15 bits per heavy atom. The maximum Gasteiger partial charge on any atom is 0.241 e. The molecule has 0 saturated heterocycles. The minimum Gasteiger partial charge on any atom is -0.325 e. The van der Waals surface area contributed by atoms with Crippen LogP contribution in [-0.2, 0) is 9.59 Å². The van der Waals surface area contributed by atoms with Gasteiger partial charge in [-0.1, -0.05) is 28.1 Å². The Labute approximate surface area is 160 Å². The molecule has 0 bridgehead atoms. The molecule has 0 heterocycles. The Morgan fingerprint density at radius 2 is 1.85 bits per heavy atom. The van der Waals surface area contributed by atoms with Gasteiger partial charge in [-0.05, 0) is 56.8 Å². The van der Waals surface area contributed by atoms with Crippen molar-refractivity contribution in [2.45, 2.75) is 19.9 Å². The Bertz CT molecular complexity index is 813. The van der Waals surface area contributed by atoms with E-state index in [0.29, 0.717) is 0 Å². The number of nitrogens with one attached hydrogen (secondary N) is 2. The van der Waals surface area contributed by atoms with E-state index in [4.69, 9.17) is 0 Å². The van der Waals surface area contributed by atoms with Gasteiger partial charge in [-0.2, -0.15) is 0 Å². The first-order valence-corrected chi connectivity index (χ1v) is 8.89. The fourth-order valence-electron chi connectivity index (χ4n) is 2.32. The normalized spacial score (nSPS) is 11.9. The van der Waals surface area contributed by atoms with Crippen LogP contribution >= 0.6 is 15.9 Å². The average molecular weight is 422 g/mol. The lowest BCUT2D eigenvalue weighted by Crippen LogP contribution is -2.43. The monoisotopic (exact) mass is 421 g/mol. The maximum atomic E-state index is 13.6. The number of hydrogen-bond donors (Lipinski definition) is 2. The highest BCUT2D eigenvalue weighted by Crippen LogP contribution is 2.20. The van der Waals surface area contributed by atoms with Crippen molar-refractivity contribution < 1.29 is 14.0 Å². The summed E-state index contributed by atoms with van der Waals surface area (Å²) in [6.45, 7) is 3.59. The predicted molar refractivity (Wildman–Crippen MR) is 105 cm³/mol. The molecule has 0 saturated carbocycles. The minimum atomic E-state index is -0.605. The Hall–Kier alpha value is -2.25. The van der Waals surface area contributed by atoms with Gasteiger partial charge < -0.3 is 10.6 Å². The molecule has 26 heavy (non-hydrogen) atoms. The average Bonchev–Trinajstić information content (AvgIpc) is 2.58. The molecule has 2 N–H and O–H groups in total. The molecule has 0 fully saturated rings. The minimum absolute atomic E-state index is 0.0291. The summed E-state index contributed by atoms with van der Waals surface area (Å²) in [6.07, 6.45) is 0. The van der Waals surface area contributed by atoms with Gasteiger partial charge in [0.15, 0.2) is 0 Å². The van der Waals surface area contributed by atoms with E-state index in [0.717, 1.165) is 15.7 Å². The number of rotatable bonds is 6. The van der Waals surface area contributed by atoms with Crippen molar-refractivity contribution in [2.75, 3.05) is 24.2 Å². The number of anilines is 2. The van der Waals surface area contributed by atoms with Crippen LogP contribution in [0, 0.1) is 12.7 Å². The van der Waals surface area contributed by atoms with Gasteiger partial charge in [0.1, 0.15) is 5.82 Å². The van der Waals surface area contributed by atoms with Crippen molar-refractivity contribution in [2.24, 2.45) is 0 Å². The summed E-state index contributed by atoms with van der Waals surface area (Å²) in [5.41, 5.74) is 1.77. The van der Waals surface area contributed by atoms with Gasteiger partial charge in [0.25, 0.3) is 0 Å². The highest BCUT2D eigenvalue weighted by Gasteiger charge is 2.21. The molecule has 0 spiro atoms. The van der Waals surface area contributed by atoms with E-state index >= 15 is 0 Å². The quantitative estimate of drug-likeness (QED) is 0.745. The number of aryl methyl sites for hydroxylation is 1. The summed E-state index contributed by atoms with van der Waals surface area (Å²) in [5.74, 6) is -1.12. The molecule has 2 amide bonds. The lowest BCUT2D eigenvalue weighted by molar-refractivity contribution is -0.122. The largest absolute Gasteiger partial charge is 0.325 e. The second-order valence-electron chi connectivity index (χ2n) is 6.07. The van der Waals surface area contributed by atoms with Crippen molar-refractivity contribution in [3.05, 3.63) is 58.3 Å². The number of nitrogens with zero attached hydrogens (tertiary/aromatic N) is 1. The van der Waals surface area contributed by atoms with E-state index in [1.165, 1.54) is 12.1 Å². The summed E-state index contributed by atoms with van der Waals surface area (Å²) in [4.78, 5) is 26.1. The van der Waals surface area contributed by atoms with Crippen LogP contribution in [0.1, 0.15) is 12.5 Å². The fourth-order valence-corrected chi connectivity index (χ4v) is 2.80. The van der Waals surface area contributed by atoms with Crippen molar-refractivity contribution in [1.82, 2.24) is 4.90 Å². The summed E-state index contributed by atoms with van der Waals surface area (Å²) in [5, 5.41) is 5.36. The molecule has 1 atom stereocenters. The number of amides is 2. The summed E-state index contributed by atoms with van der Waals surface area (Å²) in [6, 6.07) is 10.9. The number of halogens is 2. The topological polar surface area (TPSA) is 61.4 Å². The van der Waals surface area contributed by atoms with Crippen LogP contribution in [-0.4, -0.2) is 36.3 Å². The zero-order valence-corrected chi connectivity index (χ0v) is 16.4. The molecule has 0 aliphatic carbocycles. The summed E-state index contributed by atoms with van der Waals surface area (Å²) >= 11 is 3.38. The van der Waals surface area contributed by atoms with Crippen molar-refractivity contribution in [1.29, 1.82) is 0 Å². The molecule has 0 aromatic heterocycles. The second kappa shape index (κ2) is 8.91. The smallest absolute Gasteiger partial charge is 0.241 e. The number of carbonyl (C=O) groups excluding carboxylic acids is 2. The zero-order chi connectivity index (χ0) is 19.3. The Morgan fingerprint density at radius 3 is 2.50 bits per heavy atom. The number of likely N-dealkylation sites (N-methyl/N-ethyl adjacent to an activating group) is 1. The highest BCUT2D eigenvalue weighted by molar-refractivity contribution is 9.10. The van der Waals surface area contributed by atoms with Crippen LogP contribution in [0.2, 0.25) is 0 Å². The van der Waals surface area contributed by atoms with Gasteiger partial charge in [-0.15, -0.1) is 0 Å². The van der Waals surface area contributed by atoms with Gasteiger partial charge in [-0.3, -0.25) is 14.5 Å². The Kier molecular flexibility index (Phi) is 6.88. The van der Waals surface area contributed by atoms with Crippen LogP contribution in [0.5, 0.6) is 0 Å². The molecular formula is C19H21BrFN3O2. The third-order valence-electron chi connectivity index (χ3n) is 4.03. The van der Waals surface area contributed by atoms with Crippen molar-refractivity contribution >= 4 is 39.1 Å². The standard InChI is InChI=1S/C19H21BrFN3O2/c1-12-10-14(20)8-9-16(12)22-18(25)11-24(3)13(2)19(26)23-17-7-5-4-6-15(17)21/h4-10,13H,11H2,1-3H3,(H,22,25)(H,23,26). The molecular weight excluding hydrogens is 401 g/mol. The van der Waals surface area contributed by atoms with E-state index in [1.54, 1.807) is 31.0 Å². The number of benzene rings is 2. The van der Waals surface area contributed by atoms with Crippen molar-refractivity contribution in [3.8, 4) is 0 Å². The van der Waals surface area contributed by atoms with Crippen LogP contribution in [0.25, 0.3) is 0 Å². The third-order valence-corrected chi connectivity index (χ3v) is 4.52. The SMILES string of the molecule is Cc1cc(Br)ccc1NC(=O)CN(C)C(C)C(=O)Nc1ccccc1F. The molecule has 7 heteroatoms. The van der Waals surface area contributed by atoms with Gasteiger partial charge in [0.05, 0.1) is 18.3 Å². The molecule has 0 aliphatic rings. The number of hydrogen-bond acceptors (Lipinski definition) is 3. The Balaban J connectivity index is 1.93. The van der Waals surface area contributed by atoms with E-state index in [-0.39, 0.29) is 24.0 Å². The summed E-state index contributed by atoms with van der Waals surface area (Å²) in [7, 11) is 1.67. The van der Waals surface area contributed by atoms with Gasteiger partial charge in [-0.25, -0.2) is 4.39 Å². The number of para-hydroxylation sites is 1. The molecule has 5 nitrogen and oxygen atoms in total. The lowest BCUT2D eigenvalue weighted by atomic mass is 10.2. The first-order chi connectivity index (χ1) is 12.3. The number of carbonyl (C=O) groups is 2. The van der Waals surface area contributed by atoms with Crippen LogP contribution in [0.15, 0.2) is 46.9 Å².